The molecule has 0 aliphatic rings. The molecule has 3 aromatic rings. The number of hydrogen-bond donors (Lipinski definition) is 0. The van der Waals surface area contributed by atoms with E-state index in [4.69, 9.17) is 5.26 Å². The largest absolute Gasteiger partial charge is 0.302 e. The topological polar surface area (TPSA) is 54.5 Å². The lowest BCUT2D eigenvalue weighted by Crippen LogP contribution is -2.00. The molecule has 24 heavy (non-hydrogen) atoms. The van der Waals surface area contributed by atoms with Gasteiger partial charge in [-0.3, -0.25) is 0 Å². The van der Waals surface area contributed by atoms with Gasteiger partial charge < -0.3 is 4.57 Å². The predicted molar refractivity (Wildman–Crippen MR) is 96.6 cm³/mol. The number of rotatable bonds is 5. The van der Waals surface area contributed by atoms with Crippen molar-refractivity contribution in [2.45, 2.75) is 31.3 Å². The summed E-state index contributed by atoms with van der Waals surface area (Å²) in [4.78, 5) is 0. The summed E-state index contributed by atoms with van der Waals surface area (Å²) in [7, 11) is 0. The van der Waals surface area contributed by atoms with Crippen LogP contribution in [0.4, 0.5) is 0 Å². The average molecular weight is 334 g/mol. The summed E-state index contributed by atoms with van der Waals surface area (Å²) < 4.78 is 2.14. The minimum absolute atomic E-state index is 0.686. The standard InChI is InChI=1S/C19H18N4S/c1-3-23-18(17-10-5-4-7-14(17)2)21-22-19(23)24-13-16-9-6-8-15(11-16)12-20/h4-11H,3,13H2,1-2H3. The van der Waals surface area contributed by atoms with Gasteiger partial charge in [-0.2, -0.15) is 5.26 Å². The Bertz CT molecular complexity index is 892. The molecular weight excluding hydrogens is 316 g/mol. The van der Waals surface area contributed by atoms with Crippen LogP contribution >= 0.6 is 11.8 Å². The highest BCUT2D eigenvalue weighted by Gasteiger charge is 2.14. The van der Waals surface area contributed by atoms with Gasteiger partial charge >= 0.3 is 0 Å². The first kappa shape index (κ1) is 16.3. The molecule has 0 bridgehead atoms. The van der Waals surface area contributed by atoms with E-state index in [0.717, 1.165) is 34.4 Å². The van der Waals surface area contributed by atoms with E-state index in [9.17, 15) is 0 Å². The van der Waals surface area contributed by atoms with Crippen LogP contribution in [0.15, 0.2) is 53.7 Å². The van der Waals surface area contributed by atoms with Crippen molar-refractivity contribution in [2.24, 2.45) is 0 Å². The second-order valence-corrected chi connectivity index (χ2v) is 6.41. The van der Waals surface area contributed by atoms with Gasteiger partial charge in [0, 0.05) is 17.9 Å². The molecule has 0 radical (unpaired) electrons. The molecule has 2 aromatic carbocycles. The van der Waals surface area contributed by atoms with Crippen LogP contribution in [0.3, 0.4) is 0 Å². The Balaban J connectivity index is 1.85. The van der Waals surface area contributed by atoms with Crippen LogP contribution in [-0.4, -0.2) is 14.8 Å². The first-order chi connectivity index (χ1) is 11.7. The van der Waals surface area contributed by atoms with Crippen molar-refractivity contribution in [1.82, 2.24) is 14.8 Å². The lowest BCUT2D eigenvalue weighted by molar-refractivity contribution is 0.687. The van der Waals surface area contributed by atoms with E-state index in [1.165, 1.54) is 5.56 Å². The van der Waals surface area contributed by atoms with Crippen LogP contribution in [0, 0.1) is 18.3 Å². The van der Waals surface area contributed by atoms with Crippen molar-refractivity contribution in [3.8, 4) is 17.5 Å². The van der Waals surface area contributed by atoms with Gasteiger partial charge in [0.25, 0.3) is 0 Å². The summed E-state index contributed by atoms with van der Waals surface area (Å²) in [6, 6.07) is 18.1. The second kappa shape index (κ2) is 7.33. The van der Waals surface area contributed by atoms with Crippen molar-refractivity contribution in [3.63, 3.8) is 0 Å². The summed E-state index contributed by atoms with van der Waals surface area (Å²) >= 11 is 1.65. The van der Waals surface area contributed by atoms with Crippen LogP contribution in [-0.2, 0) is 12.3 Å². The lowest BCUT2D eigenvalue weighted by atomic mass is 10.1. The monoisotopic (exact) mass is 334 g/mol. The SMILES string of the molecule is CCn1c(SCc2cccc(C#N)c2)nnc1-c1ccccc1C. The predicted octanol–water partition coefficient (Wildman–Crippen LogP) is 4.44. The van der Waals surface area contributed by atoms with E-state index in [1.54, 1.807) is 11.8 Å². The van der Waals surface area contributed by atoms with Crippen molar-refractivity contribution >= 4 is 11.8 Å². The number of aromatic nitrogens is 3. The number of nitriles is 1. The third-order valence-electron chi connectivity index (χ3n) is 3.84. The maximum Gasteiger partial charge on any atom is 0.191 e. The van der Waals surface area contributed by atoms with Gasteiger partial charge in [0.05, 0.1) is 11.6 Å². The summed E-state index contributed by atoms with van der Waals surface area (Å²) in [6.45, 7) is 5.01. The molecule has 1 aromatic heterocycles. The van der Waals surface area contributed by atoms with Crippen LogP contribution in [0.2, 0.25) is 0 Å². The number of thioether (sulfide) groups is 1. The lowest BCUT2D eigenvalue weighted by Gasteiger charge is -2.09. The Labute approximate surface area is 146 Å². The molecule has 0 aliphatic carbocycles. The van der Waals surface area contributed by atoms with Gasteiger partial charge in [0.1, 0.15) is 0 Å². The zero-order valence-electron chi connectivity index (χ0n) is 13.7. The Morgan fingerprint density at radius 2 is 1.96 bits per heavy atom. The number of hydrogen-bond acceptors (Lipinski definition) is 4. The molecule has 0 spiro atoms. The first-order valence-electron chi connectivity index (χ1n) is 7.84. The van der Waals surface area contributed by atoms with Crippen LogP contribution in [0.1, 0.15) is 23.6 Å². The number of nitrogens with zero attached hydrogens (tertiary/aromatic N) is 4. The first-order valence-corrected chi connectivity index (χ1v) is 8.82. The highest BCUT2D eigenvalue weighted by molar-refractivity contribution is 7.98. The highest BCUT2D eigenvalue weighted by atomic mass is 32.2. The van der Waals surface area contributed by atoms with Gasteiger partial charge in [0.2, 0.25) is 0 Å². The molecule has 0 aliphatic heterocycles. The fourth-order valence-corrected chi connectivity index (χ4v) is 3.53. The Kier molecular flexibility index (Phi) is 4.97. The van der Waals surface area contributed by atoms with Crippen LogP contribution in [0.25, 0.3) is 11.4 Å². The van der Waals surface area contributed by atoms with Crippen LogP contribution in [0.5, 0.6) is 0 Å². The Hall–Kier alpha value is -2.58. The summed E-state index contributed by atoms with van der Waals surface area (Å²) in [5, 5.41) is 18.7. The third-order valence-corrected chi connectivity index (χ3v) is 4.88. The average Bonchev–Trinajstić information content (AvgIpc) is 3.03. The second-order valence-electron chi connectivity index (χ2n) is 5.47. The maximum absolute atomic E-state index is 9.00. The summed E-state index contributed by atoms with van der Waals surface area (Å²) in [6.07, 6.45) is 0. The fourth-order valence-electron chi connectivity index (χ4n) is 2.58. The molecule has 0 saturated heterocycles. The summed E-state index contributed by atoms with van der Waals surface area (Å²) in [5.41, 5.74) is 4.11. The smallest absolute Gasteiger partial charge is 0.191 e. The van der Waals surface area contributed by atoms with Gasteiger partial charge in [-0.05, 0) is 37.1 Å². The van der Waals surface area contributed by atoms with Crippen LogP contribution < -0.4 is 0 Å². The molecule has 0 unspecified atom stereocenters. The van der Waals surface area contributed by atoms with Gasteiger partial charge in [-0.15, -0.1) is 10.2 Å². The third kappa shape index (κ3) is 3.34. The van der Waals surface area contributed by atoms with E-state index in [1.807, 2.05) is 36.4 Å². The van der Waals surface area contributed by atoms with E-state index in [-0.39, 0.29) is 0 Å². The maximum atomic E-state index is 9.00. The van der Waals surface area contributed by atoms with Crippen molar-refractivity contribution in [3.05, 3.63) is 65.2 Å². The van der Waals surface area contributed by atoms with E-state index in [2.05, 4.69) is 46.8 Å². The zero-order valence-corrected chi connectivity index (χ0v) is 14.5. The Morgan fingerprint density at radius 3 is 2.71 bits per heavy atom. The minimum atomic E-state index is 0.686. The van der Waals surface area contributed by atoms with Gasteiger partial charge in [-0.1, -0.05) is 48.2 Å². The van der Waals surface area contributed by atoms with Crippen molar-refractivity contribution in [2.75, 3.05) is 0 Å². The molecule has 0 saturated carbocycles. The zero-order chi connectivity index (χ0) is 16.9. The van der Waals surface area contributed by atoms with Crippen molar-refractivity contribution < 1.29 is 0 Å². The summed E-state index contributed by atoms with van der Waals surface area (Å²) in [5.74, 6) is 1.67. The molecule has 4 nitrogen and oxygen atoms in total. The molecule has 1 heterocycles. The van der Waals surface area contributed by atoms with Gasteiger partial charge in [0.15, 0.2) is 11.0 Å². The molecule has 0 atom stereocenters. The van der Waals surface area contributed by atoms with E-state index < -0.39 is 0 Å². The van der Waals surface area contributed by atoms with E-state index >= 15 is 0 Å². The molecule has 120 valence electrons. The Morgan fingerprint density at radius 1 is 1.12 bits per heavy atom. The highest BCUT2D eigenvalue weighted by Crippen LogP contribution is 2.28. The molecule has 5 heteroatoms. The normalized spacial score (nSPS) is 10.5. The molecular formula is C19H18N4S. The quantitative estimate of drug-likeness (QED) is 0.647. The molecule has 0 amide bonds. The molecule has 0 N–H and O–H groups in total. The minimum Gasteiger partial charge on any atom is -0.302 e. The number of aryl methyl sites for hydroxylation is 1. The molecule has 3 rings (SSSR count). The molecule has 0 fully saturated rings. The fraction of sp³-hybridized carbons (Fsp3) is 0.211. The number of benzene rings is 2. The van der Waals surface area contributed by atoms with E-state index in [0.29, 0.717) is 5.56 Å². The van der Waals surface area contributed by atoms with Crippen molar-refractivity contribution in [1.29, 1.82) is 5.26 Å². The van der Waals surface area contributed by atoms with Gasteiger partial charge in [-0.25, -0.2) is 0 Å².